The quantitative estimate of drug-likeness (QED) is 0.751. The molecular weight excluding hydrogens is 310 g/mol. The fourth-order valence-electron chi connectivity index (χ4n) is 2.44. The van der Waals surface area contributed by atoms with E-state index in [2.05, 4.69) is 36.3 Å². The Hall–Kier alpha value is -0.510. The van der Waals surface area contributed by atoms with Crippen LogP contribution < -0.4 is 10.0 Å². The summed E-state index contributed by atoms with van der Waals surface area (Å²) in [5, 5.41) is 10.7. The van der Waals surface area contributed by atoms with Gasteiger partial charge in [-0.1, -0.05) is 5.21 Å². The predicted molar refractivity (Wildman–Crippen MR) is 62.7 cm³/mol. The summed E-state index contributed by atoms with van der Waals surface area (Å²) in [5.74, 6) is 0.870. The van der Waals surface area contributed by atoms with Crippen molar-refractivity contribution >= 4 is 26.0 Å². The lowest BCUT2D eigenvalue weighted by molar-refractivity contribution is 0.547. The molecule has 0 bridgehead atoms. The number of sulfonamides is 1. The zero-order chi connectivity index (χ0) is 12.2. The van der Waals surface area contributed by atoms with Gasteiger partial charge < -0.3 is 5.32 Å². The number of nitrogens with zero attached hydrogens (tertiary/aromatic N) is 3. The zero-order valence-corrected chi connectivity index (χ0v) is 11.5. The molecule has 2 fully saturated rings. The lowest BCUT2D eigenvalue weighted by atomic mass is 10.4. The maximum absolute atomic E-state index is 12.2. The predicted octanol–water partition coefficient (Wildman–Crippen LogP) is -0.926. The van der Waals surface area contributed by atoms with Crippen molar-refractivity contribution in [1.82, 2.24) is 25.0 Å². The highest BCUT2D eigenvalue weighted by Gasteiger charge is 2.54. The molecule has 17 heavy (non-hydrogen) atoms. The Morgan fingerprint density at radius 2 is 2.12 bits per heavy atom. The second kappa shape index (κ2) is 3.74. The van der Waals surface area contributed by atoms with Crippen LogP contribution >= 0.6 is 15.9 Å². The summed E-state index contributed by atoms with van der Waals surface area (Å²) < 4.78 is 28.5. The maximum Gasteiger partial charge on any atom is 0.260 e. The number of rotatable bonds is 3. The molecule has 1 saturated heterocycles. The number of aryl methyl sites for hydroxylation is 1. The number of halogens is 1. The van der Waals surface area contributed by atoms with Gasteiger partial charge >= 0.3 is 0 Å². The van der Waals surface area contributed by atoms with Gasteiger partial charge in [0.05, 0.1) is 0 Å². The lowest BCUT2D eigenvalue weighted by Crippen LogP contribution is -2.33. The third-order valence-electron chi connectivity index (χ3n) is 3.37. The van der Waals surface area contributed by atoms with Crippen LogP contribution in [0, 0.1) is 11.8 Å². The molecule has 1 aromatic rings. The Balaban J connectivity index is 1.83. The first kappa shape index (κ1) is 11.6. The van der Waals surface area contributed by atoms with Crippen LogP contribution in [-0.2, 0) is 17.1 Å². The van der Waals surface area contributed by atoms with Crippen molar-refractivity contribution in [2.75, 3.05) is 13.1 Å². The fourth-order valence-corrected chi connectivity index (χ4v) is 4.87. The third-order valence-corrected chi connectivity index (χ3v) is 5.72. The van der Waals surface area contributed by atoms with Gasteiger partial charge in [-0.25, -0.2) is 17.8 Å². The number of hydrogen-bond acceptors (Lipinski definition) is 5. The lowest BCUT2D eigenvalue weighted by Gasteiger charge is -2.08. The van der Waals surface area contributed by atoms with Crippen molar-refractivity contribution < 1.29 is 8.42 Å². The van der Waals surface area contributed by atoms with E-state index in [1.165, 1.54) is 4.68 Å². The van der Waals surface area contributed by atoms with Crippen LogP contribution in [0.25, 0.3) is 0 Å². The van der Waals surface area contributed by atoms with Crippen molar-refractivity contribution in [3.63, 3.8) is 0 Å². The topological polar surface area (TPSA) is 88.9 Å². The minimum atomic E-state index is -3.54. The van der Waals surface area contributed by atoms with Crippen molar-refractivity contribution in [3.8, 4) is 0 Å². The first-order valence-corrected chi connectivity index (χ1v) is 7.56. The largest absolute Gasteiger partial charge is 0.316 e. The summed E-state index contributed by atoms with van der Waals surface area (Å²) in [5.41, 5.74) is 0. The average Bonchev–Trinajstić information content (AvgIpc) is 2.68. The van der Waals surface area contributed by atoms with Crippen molar-refractivity contribution in [2.45, 2.75) is 11.1 Å². The second-order valence-corrected chi connectivity index (χ2v) is 6.82. The molecule has 3 rings (SSSR count). The zero-order valence-electron chi connectivity index (χ0n) is 9.09. The Morgan fingerprint density at radius 1 is 1.47 bits per heavy atom. The molecule has 0 aromatic carbocycles. The Morgan fingerprint density at radius 3 is 2.65 bits per heavy atom. The molecule has 94 valence electrons. The van der Waals surface area contributed by atoms with Gasteiger partial charge in [0, 0.05) is 13.1 Å². The van der Waals surface area contributed by atoms with E-state index in [1.807, 2.05) is 0 Å². The van der Waals surface area contributed by atoms with Crippen molar-refractivity contribution in [1.29, 1.82) is 0 Å². The highest BCUT2D eigenvalue weighted by atomic mass is 79.9. The molecule has 0 spiro atoms. The smallest absolute Gasteiger partial charge is 0.260 e. The molecule has 1 saturated carbocycles. The molecule has 1 aliphatic heterocycles. The van der Waals surface area contributed by atoms with E-state index < -0.39 is 10.0 Å². The molecule has 0 amide bonds. The maximum atomic E-state index is 12.2. The molecule has 2 N–H and O–H groups in total. The van der Waals surface area contributed by atoms with Gasteiger partial charge in [-0.3, -0.25) is 0 Å². The number of hydrogen-bond donors (Lipinski definition) is 2. The summed E-state index contributed by atoms with van der Waals surface area (Å²) >= 11 is 3.10. The van der Waals surface area contributed by atoms with E-state index in [-0.39, 0.29) is 15.7 Å². The third kappa shape index (κ3) is 1.81. The van der Waals surface area contributed by atoms with Crippen molar-refractivity contribution in [2.24, 2.45) is 18.9 Å². The molecule has 2 atom stereocenters. The van der Waals surface area contributed by atoms with Crippen LogP contribution in [0.4, 0.5) is 0 Å². The van der Waals surface area contributed by atoms with Gasteiger partial charge in [0.25, 0.3) is 10.0 Å². The fraction of sp³-hybridized carbons (Fsp3) is 0.750. The van der Waals surface area contributed by atoms with E-state index in [0.29, 0.717) is 11.8 Å². The molecule has 1 aliphatic carbocycles. The van der Waals surface area contributed by atoms with E-state index in [4.69, 9.17) is 0 Å². The van der Waals surface area contributed by atoms with Gasteiger partial charge in [0.15, 0.2) is 4.60 Å². The normalized spacial score (nSPS) is 31.5. The summed E-state index contributed by atoms with van der Waals surface area (Å²) in [4.78, 5) is 0. The van der Waals surface area contributed by atoms with Gasteiger partial charge in [0.1, 0.15) is 0 Å². The van der Waals surface area contributed by atoms with Crippen molar-refractivity contribution in [3.05, 3.63) is 4.60 Å². The standard InChI is InChI=1S/C8H12BrN5O2S/c1-14-8(7(9)11-13-14)17(15,16)12-6-4-2-10-3-5(4)6/h4-6,10,12H,2-3H2,1H3. The van der Waals surface area contributed by atoms with Gasteiger partial charge in [-0.05, 0) is 40.9 Å². The van der Waals surface area contributed by atoms with Crippen LogP contribution in [0.1, 0.15) is 0 Å². The number of aromatic nitrogens is 3. The van der Waals surface area contributed by atoms with Gasteiger partial charge in [-0.2, -0.15) is 0 Å². The molecule has 7 nitrogen and oxygen atoms in total. The molecule has 1 aromatic heterocycles. The minimum absolute atomic E-state index is 0.0584. The molecule has 2 unspecified atom stereocenters. The van der Waals surface area contributed by atoms with E-state index >= 15 is 0 Å². The SMILES string of the molecule is Cn1nnc(Br)c1S(=O)(=O)NC1C2CNCC21. The van der Waals surface area contributed by atoms with Crippen LogP contribution in [0.3, 0.4) is 0 Å². The Kier molecular flexibility index (Phi) is 2.55. The monoisotopic (exact) mass is 321 g/mol. The van der Waals surface area contributed by atoms with Gasteiger partial charge in [-0.15, -0.1) is 5.10 Å². The molecule has 2 heterocycles. The molecule has 9 heteroatoms. The number of piperidine rings is 1. The molecular formula is C8H12BrN5O2S. The minimum Gasteiger partial charge on any atom is -0.316 e. The van der Waals surface area contributed by atoms with E-state index in [9.17, 15) is 8.42 Å². The van der Waals surface area contributed by atoms with Crippen LogP contribution in [0.2, 0.25) is 0 Å². The number of nitrogens with one attached hydrogen (secondary N) is 2. The highest BCUT2D eigenvalue weighted by Crippen LogP contribution is 2.42. The molecule has 2 aliphatic rings. The van der Waals surface area contributed by atoms with Crippen LogP contribution in [-0.4, -0.2) is 42.5 Å². The second-order valence-electron chi connectivity index (χ2n) is 4.44. The first-order valence-electron chi connectivity index (χ1n) is 5.29. The summed E-state index contributed by atoms with van der Waals surface area (Å²) in [6, 6.07) is 0.0584. The first-order chi connectivity index (χ1) is 8.00. The molecule has 0 radical (unpaired) electrons. The van der Waals surface area contributed by atoms with Crippen LogP contribution in [0.15, 0.2) is 9.63 Å². The summed E-state index contributed by atoms with van der Waals surface area (Å²) in [7, 11) is -1.99. The van der Waals surface area contributed by atoms with E-state index in [0.717, 1.165) is 13.1 Å². The summed E-state index contributed by atoms with van der Waals surface area (Å²) in [6.45, 7) is 1.78. The Bertz CT molecular complexity index is 527. The van der Waals surface area contributed by atoms with Gasteiger partial charge in [0.2, 0.25) is 5.03 Å². The van der Waals surface area contributed by atoms with E-state index in [1.54, 1.807) is 7.05 Å². The average molecular weight is 322 g/mol. The highest BCUT2D eigenvalue weighted by molar-refractivity contribution is 9.10. The van der Waals surface area contributed by atoms with Crippen LogP contribution in [0.5, 0.6) is 0 Å². The Labute approximate surface area is 107 Å². The summed E-state index contributed by atoms with van der Waals surface area (Å²) in [6.07, 6.45) is 0. The number of fused-ring (bicyclic) bond motifs is 1.